The van der Waals surface area contributed by atoms with Gasteiger partial charge in [-0.05, 0) is 30.7 Å². The van der Waals surface area contributed by atoms with Gasteiger partial charge in [0.15, 0.2) is 0 Å². The van der Waals surface area contributed by atoms with Crippen molar-refractivity contribution in [1.82, 2.24) is 5.32 Å². The molecule has 108 valence electrons. The predicted molar refractivity (Wildman–Crippen MR) is 67.8 cm³/mol. The summed E-state index contributed by atoms with van der Waals surface area (Å²) in [6.07, 6.45) is -1.96. The summed E-state index contributed by atoms with van der Waals surface area (Å²) < 4.78 is 35.9. The van der Waals surface area contributed by atoms with Crippen LogP contribution in [0.25, 0.3) is 0 Å². The van der Waals surface area contributed by atoms with Gasteiger partial charge in [0.25, 0.3) is 0 Å². The van der Waals surface area contributed by atoms with Crippen LogP contribution in [0.1, 0.15) is 12.5 Å². The monoisotopic (exact) mass is 286 g/mol. The quantitative estimate of drug-likeness (QED) is 0.835. The van der Waals surface area contributed by atoms with Crippen LogP contribution in [0.3, 0.4) is 0 Å². The average Bonchev–Trinajstić information content (AvgIpc) is 2.36. The summed E-state index contributed by atoms with van der Waals surface area (Å²) >= 11 is 0. The second-order valence-electron chi connectivity index (χ2n) is 3.87. The number of anilines is 1. The van der Waals surface area contributed by atoms with E-state index in [2.05, 4.69) is 5.32 Å². The standard InChI is InChI=1S/C13H13F3N2O2/c1-2-3-11(19)18-10-6-4-9(5-7-10)8-17-12(20)13(14,15)16/h2-7H,8H2,1H3,(H,17,20)(H,18,19)/b3-2+. The van der Waals surface area contributed by atoms with Crippen molar-refractivity contribution in [2.45, 2.75) is 19.6 Å². The maximum absolute atomic E-state index is 12.0. The maximum Gasteiger partial charge on any atom is 0.471 e. The van der Waals surface area contributed by atoms with E-state index in [0.29, 0.717) is 11.3 Å². The lowest BCUT2D eigenvalue weighted by Crippen LogP contribution is -2.36. The van der Waals surface area contributed by atoms with Crippen LogP contribution in [-0.2, 0) is 16.1 Å². The third kappa shape index (κ3) is 5.13. The summed E-state index contributed by atoms with van der Waals surface area (Å²) in [6.45, 7) is 1.47. The van der Waals surface area contributed by atoms with Crippen LogP contribution in [0.5, 0.6) is 0 Å². The SMILES string of the molecule is C/C=C/C(=O)Nc1ccc(CNC(=O)C(F)(F)F)cc1. The number of hydrogen-bond acceptors (Lipinski definition) is 2. The highest BCUT2D eigenvalue weighted by molar-refractivity contribution is 5.99. The van der Waals surface area contributed by atoms with E-state index >= 15 is 0 Å². The first kappa shape index (κ1) is 15.7. The molecule has 0 unspecified atom stereocenters. The lowest BCUT2D eigenvalue weighted by molar-refractivity contribution is -0.173. The molecule has 0 radical (unpaired) electrons. The highest BCUT2D eigenvalue weighted by atomic mass is 19.4. The molecular weight excluding hydrogens is 273 g/mol. The van der Waals surface area contributed by atoms with E-state index in [1.54, 1.807) is 18.3 Å². The molecule has 2 amide bonds. The molecule has 0 aromatic heterocycles. The fourth-order valence-electron chi connectivity index (χ4n) is 1.32. The van der Waals surface area contributed by atoms with E-state index in [1.165, 1.54) is 30.3 Å². The van der Waals surface area contributed by atoms with E-state index < -0.39 is 12.1 Å². The molecule has 1 aromatic carbocycles. The number of allylic oxidation sites excluding steroid dienone is 1. The molecule has 0 heterocycles. The van der Waals surface area contributed by atoms with Gasteiger partial charge in [0.2, 0.25) is 5.91 Å². The van der Waals surface area contributed by atoms with Gasteiger partial charge < -0.3 is 10.6 Å². The number of benzene rings is 1. The van der Waals surface area contributed by atoms with Crippen LogP contribution in [0.2, 0.25) is 0 Å². The van der Waals surface area contributed by atoms with Crippen molar-refractivity contribution in [2.75, 3.05) is 5.32 Å². The van der Waals surface area contributed by atoms with Crippen molar-refractivity contribution in [2.24, 2.45) is 0 Å². The zero-order valence-corrected chi connectivity index (χ0v) is 10.6. The van der Waals surface area contributed by atoms with E-state index in [1.807, 2.05) is 0 Å². The molecule has 7 heteroatoms. The number of carbonyl (C=O) groups excluding carboxylic acids is 2. The fourth-order valence-corrected chi connectivity index (χ4v) is 1.32. The number of halogens is 3. The predicted octanol–water partition coefficient (Wildman–Crippen LogP) is 2.38. The first-order chi connectivity index (χ1) is 9.32. The second kappa shape index (κ2) is 6.74. The summed E-state index contributed by atoms with van der Waals surface area (Å²) in [7, 11) is 0. The Kier molecular flexibility index (Phi) is 5.31. The molecule has 0 fully saturated rings. The van der Waals surface area contributed by atoms with Gasteiger partial charge in [0, 0.05) is 12.2 Å². The van der Waals surface area contributed by atoms with E-state index in [-0.39, 0.29) is 12.5 Å². The van der Waals surface area contributed by atoms with Crippen LogP contribution in [0.15, 0.2) is 36.4 Å². The number of amides is 2. The normalized spacial score (nSPS) is 11.4. The molecule has 2 N–H and O–H groups in total. The molecule has 0 aliphatic carbocycles. The van der Waals surface area contributed by atoms with Gasteiger partial charge in [-0.2, -0.15) is 13.2 Å². The van der Waals surface area contributed by atoms with E-state index in [9.17, 15) is 22.8 Å². The van der Waals surface area contributed by atoms with Crippen molar-refractivity contribution in [3.8, 4) is 0 Å². The minimum Gasteiger partial charge on any atom is -0.344 e. The molecule has 1 rings (SSSR count). The molecule has 0 spiro atoms. The number of hydrogen-bond donors (Lipinski definition) is 2. The number of carbonyl (C=O) groups is 2. The van der Waals surface area contributed by atoms with Crippen molar-refractivity contribution in [1.29, 1.82) is 0 Å². The summed E-state index contributed by atoms with van der Waals surface area (Å²) in [4.78, 5) is 21.9. The molecule has 0 saturated heterocycles. The Labute approximate surface area is 113 Å². The van der Waals surface area contributed by atoms with Gasteiger partial charge in [0.05, 0.1) is 0 Å². The summed E-state index contributed by atoms with van der Waals surface area (Å²) in [5, 5.41) is 4.32. The van der Waals surface area contributed by atoms with Crippen molar-refractivity contribution >= 4 is 17.5 Å². The first-order valence-corrected chi connectivity index (χ1v) is 5.70. The van der Waals surface area contributed by atoms with Crippen LogP contribution in [-0.4, -0.2) is 18.0 Å². The van der Waals surface area contributed by atoms with Crippen LogP contribution >= 0.6 is 0 Å². The Bertz CT molecular complexity index is 507. The van der Waals surface area contributed by atoms with Crippen LogP contribution in [0, 0.1) is 0 Å². The van der Waals surface area contributed by atoms with Crippen molar-refractivity contribution in [3.05, 3.63) is 42.0 Å². The minimum absolute atomic E-state index is 0.235. The first-order valence-electron chi connectivity index (χ1n) is 5.70. The molecule has 1 aromatic rings. The van der Waals surface area contributed by atoms with Gasteiger partial charge in [-0.15, -0.1) is 0 Å². The molecule has 0 aliphatic heterocycles. The van der Waals surface area contributed by atoms with Gasteiger partial charge in [-0.1, -0.05) is 18.2 Å². The molecule has 20 heavy (non-hydrogen) atoms. The second-order valence-corrected chi connectivity index (χ2v) is 3.87. The molecular formula is C13H13F3N2O2. The maximum atomic E-state index is 12.0. The van der Waals surface area contributed by atoms with Crippen LogP contribution < -0.4 is 10.6 Å². The fraction of sp³-hybridized carbons (Fsp3) is 0.231. The smallest absolute Gasteiger partial charge is 0.344 e. The highest BCUT2D eigenvalue weighted by Gasteiger charge is 2.38. The molecule has 4 nitrogen and oxygen atoms in total. The Morgan fingerprint density at radius 3 is 2.30 bits per heavy atom. The summed E-state index contributed by atoms with van der Waals surface area (Å²) in [6, 6.07) is 6.11. The third-order valence-electron chi connectivity index (χ3n) is 2.25. The number of nitrogens with one attached hydrogen (secondary N) is 2. The average molecular weight is 286 g/mol. The summed E-state index contributed by atoms with van der Waals surface area (Å²) in [5.74, 6) is -2.28. The largest absolute Gasteiger partial charge is 0.471 e. The molecule has 0 aliphatic rings. The zero-order valence-electron chi connectivity index (χ0n) is 10.6. The Morgan fingerprint density at radius 2 is 1.80 bits per heavy atom. The Morgan fingerprint density at radius 1 is 1.20 bits per heavy atom. The molecule has 0 bridgehead atoms. The molecule has 0 atom stereocenters. The Hall–Kier alpha value is -2.31. The third-order valence-corrected chi connectivity index (χ3v) is 2.25. The highest BCUT2D eigenvalue weighted by Crippen LogP contribution is 2.15. The summed E-state index contributed by atoms with van der Waals surface area (Å²) in [5.41, 5.74) is 1.01. The molecule has 0 saturated carbocycles. The topological polar surface area (TPSA) is 58.2 Å². The number of rotatable bonds is 4. The lowest BCUT2D eigenvalue weighted by atomic mass is 10.2. The van der Waals surface area contributed by atoms with E-state index in [0.717, 1.165) is 0 Å². The lowest BCUT2D eigenvalue weighted by Gasteiger charge is -2.08. The van der Waals surface area contributed by atoms with Crippen molar-refractivity contribution in [3.63, 3.8) is 0 Å². The Balaban J connectivity index is 2.55. The van der Waals surface area contributed by atoms with Gasteiger partial charge in [-0.3, -0.25) is 9.59 Å². The van der Waals surface area contributed by atoms with Gasteiger partial charge in [0.1, 0.15) is 0 Å². The minimum atomic E-state index is -4.89. The van der Waals surface area contributed by atoms with E-state index in [4.69, 9.17) is 0 Å². The zero-order chi connectivity index (χ0) is 15.2. The van der Waals surface area contributed by atoms with Gasteiger partial charge in [-0.25, -0.2) is 0 Å². The number of alkyl halides is 3. The van der Waals surface area contributed by atoms with Gasteiger partial charge >= 0.3 is 12.1 Å². The van der Waals surface area contributed by atoms with Crippen molar-refractivity contribution < 1.29 is 22.8 Å². The van der Waals surface area contributed by atoms with Crippen LogP contribution in [0.4, 0.5) is 18.9 Å².